The molecule has 0 aromatic heterocycles. The van der Waals surface area contributed by atoms with Crippen molar-refractivity contribution in [2.45, 2.75) is 32.9 Å². The molecule has 0 aliphatic heterocycles. The number of ketones is 1. The molecule has 0 fully saturated rings. The van der Waals surface area contributed by atoms with Crippen molar-refractivity contribution in [1.82, 2.24) is 0 Å². The van der Waals surface area contributed by atoms with Crippen LogP contribution in [0.2, 0.25) is 0 Å². The van der Waals surface area contributed by atoms with Crippen molar-refractivity contribution < 1.29 is 18.0 Å². The fraction of sp³-hybridized carbons (Fsp3) is 0.278. The van der Waals surface area contributed by atoms with E-state index in [0.29, 0.717) is 12.0 Å². The maximum absolute atomic E-state index is 12.5. The second-order valence-corrected chi connectivity index (χ2v) is 5.37. The third-order valence-corrected chi connectivity index (χ3v) is 3.78. The predicted molar refractivity (Wildman–Crippen MR) is 80.0 cm³/mol. The SMILES string of the molecule is Cc1cccc(C)c1CCC(=O)c1ccc(C(F)(F)F)cc1. The number of halogens is 3. The molecule has 0 saturated heterocycles. The molecule has 0 aliphatic carbocycles. The lowest BCUT2D eigenvalue weighted by atomic mass is 9.96. The Morgan fingerprint density at radius 2 is 1.50 bits per heavy atom. The molecule has 0 unspecified atom stereocenters. The van der Waals surface area contributed by atoms with E-state index < -0.39 is 11.7 Å². The normalized spacial score (nSPS) is 11.5. The van der Waals surface area contributed by atoms with Crippen LogP contribution in [0.15, 0.2) is 42.5 Å². The first-order valence-electron chi connectivity index (χ1n) is 7.04. The predicted octanol–water partition coefficient (Wildman–Crippen LogP) is 5.14. The first-order valence-corrected chi connectivity index (χ1v) is 7.04. The summed E-state index contributed by atoms with van der Waals surface area (Å²) in [5, 5.41) is 0. The lowest BCUT2D eigenvalue weighted by Gasteiger charge is -2.10. The van der Waals surface area contributed by atoms with Gasteiger partial charge in [-0.2, -0.15) is 13.2 Å². The first kappa shape index (κ1) is 16.3. The highest BCUT2D eigenvalue weighted by Gasteiger charge is 2.30. The van der Waals surface area contributed by atoms with Crippen molar-refractivity contribution >= 4 is 5.78 Å². The molecule has 1 nitrogen and oxygen atoms in total. The fourth-order valence-electron chi connectivity index (χ4n) is 2.47. The maximum Gasteiger partial charge on any atom is 0.416 e. The minimum absolute atomic E-state index is 0.142. The lowest BCUT2D eigenvalue weighted by molar-refractivity contribution is -0.137. The average molecular weight is 306 g/mol. The number of carbonyl (C=O) groups excluding carboxylic acids is 1. The van der Waals surface area contributed by atoms with E-state index in [-0.39, 0.29) is 12.2 Å². The molecule has 0 radical (unpaired) electrons. The van der Waals surface area contributed by atoms with Gasteiger partial charge >= 0.3 is 6.18 Å². The van der Waals surface area contributed by atoms with E-state index in [4.69, 9.17) is 0 Å². The Balaban J connectivity index is 2.07. The molecule has 116 valence electrons. The summed E-state index contributed by atoms with van der Waals surface area (Å²) in [7, 11) is 0. The van der Waals surface area contributed by atoms with E-state index in [2.05, 4.69) is 0 Å². The van der Waals surface area contributed by atoms with Gasteiger partial charge in [-0.1, -0.05) is 30.3 Å². The molecule has 0 heterocycles. The molecule has 2 rings (SSSR count). The van der Waals surface area contributed by atoms with Gasteiger partial charge in [0.25, 0.3) is 0 Å². The summed E-state index contributed by atoms with van der Waals surface area (Å²) in [4.78, 5) is 12.1. The molecular weight excluding hydrogens is 289 g/mol. The molecule has 2 aromatic carbocycles. The summed E-state index contributed by atoms with van der Waals surface area (Å²) in [5.74, 6) is -0.142. The maximum atomic E-state index is 12.5. The molecule has 0 saturated carbocycles. The molecular formula is C18H17F3O. The zero-order chi connectivity index (χ0) is 16.3. The summed E-state index contributed by atoms with van der Waals surface area (Å²) in [6.45, 7) is 3.98. The number of hydrogen-bond acceptors (Lipinski definition) is 1. The number of rotatable bonds is 4. The molecule has 0 bridgehead atoms. The van der Waals surface area contributed by atoms with Gasteiger partial charge in [-0.05, 0) is 49.1 Å². The van der Waals surface area contributed by atoms with Crippen molar-refractivity contribution in [3.63, 3.8) is 0 Å². The van der Waals surface area contributed by atoms with Crippen molar-refractivity contribution in [3.8, 4) is 0 Å². The van der Waals surface area contributed by atoms with Crippen molar-refractivity contribution in [3.05, 3.63) is 70.3 Å². The number of hydrogen-bond donors (Lipinski definition) is 0. The highest BCUT2D eigenvalue weighted by molar-refractivity contribution is 5.96. The van der Waals surface area contributed by atoms with Gasteiger partial charge in [0.1, 0.15) is 0 Å². The zero-order valence-electron chi connectivity index (χ0n) is 12.5. The Labute approximate surface area is 127 Å². The summed E-state index contributed by atoms with van der Waals surface area (Å²) in [6.07, 6.45) is -3.49. The average Bonchev–Trinajstić information content (AvgIpc) is 2.46. The first-order chi connectivity index (χ1) is 10.3. The Hall–Kier alpha value is -2.10. The molecule has 2 aromatic rings. The molecule has 0 spiro atoms. The Morgan fingerprint density at radius 1 is 0.955 bits per heavy atom. The van der Waals surface area contributed by atoms with Crippen LogP contribution in [0.3, 0.4) is 0 Å². The smallest absolute Gasteiger partial charge is 0.294 e. The Bertz CT molecular complexity index is 649. The molecule has 0 atom stereocenters. The van der Waals surface area contributed by atoms with Crippen LogP contribution in [-0.2, 0) is 12.6 Å². The molecule has 0 amide bonds. The Kier molecular flexibility index (Phi) is 4.69. The minimum atomic E-state index is -4.38. The topological polar surface area (TPSA) is 17.1 Å². The van der Waals surface area contributed by atoms with Crippen molar-refractivity contribution in [1.29, 1.82) is 0 Å². The second kappa shape index (κ2) is 6.34. The quantitative estimate of drug-likeness (QED) is 0.715. The van der Waals surface area contributed by atoms with Crippen LogP contribution in [0.4, 0.5) is 13.2 Å². The molecule has 4 heteroatoms. The Morgan fingerprint density at radius 3 is 2.00 bits per heavy atom. The van der Waals surface area contributed by atoms with Gasteiger partial charge < -0.3 is 0 Å². The van der Waals surface area contributed by atoms with E-state index in [9.17, 15) is 18.0 Å². The number of benzene rings is 2. The van der Waals surface area contributed by atoms with E-state index >= 15 is 0 Å². The summed E-state index contributed by atoms with van der Waals surface area (Å²) < 4.78 is 37.5. The van der Waals surface area contributed by atoms with Crippen LogP contribution >= 0.6 is 0 Å². The van der Waals surface area contributed by atoms with Gasteiger partial charge in [-0.25, -0.2) is 0 Å². The van der Waals surface area contributed by atoms with Gasteiger partial charge in [0, 0.05) is 12.0 Å². The van der Waals surface area contributed by atoms with E-state index in [0.717, 1.165) is 28.8 Å². The van der Waals surface area contributed by atoms with Gasteiger partial charge in [-0.15, -0.1) is 0 Å². The van der Waals surface area contributed by atoms with Crippen LogP contribution in [-0.4, -0.2) is 5.78 Å². The summed E-state index contributed by atoms with van der Waals surface area (Å²) in [5.41, 5.74) is 2.96. The highest BCUT2D eigenvalue weighted by atomic mass is 19.4. The largest absolute Gasteiger partial charge is 0.416 e. The number of carbonyl (C=O) groups is 1. The van der Waals surface area contributed by atoms with Crippen LogP contribution < -0.4 is 0 Å². The highest BCUT2D eigenvalue weighted by Crippen LogP contribution is 2.29. The summed E-state index contributed by atoms with van der Waals surface area (Å²) >= 11 is 0. The fourth-order valence-corrected chi connectivity index (χ4v) is 2.47. The van der Waals surface area contributed by atoms with Crippen molar-refractivity contribution in [2.75, 3.05) is 0 Å². The van der Waals surface area contributed by atoms with Gasteiger partial charge in [0.05, 0.1) is 5.56 Å². The van der Waals surface area contributed by atoms with Gasteiger partial charge in [0.15, 0.2) is 5.78 Å². The number of Topliss-reactive ketones (excluding diaryl/α,β-unsaturated/α-hetero) is 1. The van der Waals surface area contributed by atoms with E-state index in [1.807, 2.05) is 32.0 Å². The zero-order valence-corrected chi connectivity index (χ0v) is 12.5. The van der Waals surface area contributed by atoms with Gasteiger partial charge in [-0.3, -0.25) is 4.79 Å². The lowest BCUT2D eigenvalue weighted by Crippen LogP contribution is -2.07. The molecule has 22 heavy (non-hydrogen) atoms. The third-order valence-electron chi connectivity index (χ3n) is 3.78. The summed E-state index contributed by atoms with van der Waals surface area (Å²) in [6, 6.07) is 10.3. The second-order valence-electron chi connectivity index (χ2n) is 5.37. The van der Waals surface area contributed by atoms with Crippen LogP contribution in [0.25, 0.3) is 0 Å². The molecule has 0 N–H and O–H groups in total. The van der Waals surface area contributed by atoms with Crippen LogP contribution in [0.5, 0.6) is 0 Å². The van der Waals surface area contributed by atoms with Crippen LogP contribution in [0.1, 0.15) is 39.0 Å². The molecule has 0 aliphatic rings. The van der Waals surface area contributed by atoms with E-state index in [1.54, 1.807) is 0 Å². The monoisotopic (exact) mass is 306 g/mol. The van der Waals surface area contributed by atoms with Gasteiger partial charge in [0.2, 0.25) is 0 Å². The van der Waals surface area contributed by atoms with Crippen LogP contribution in [0, 0.1) is 13.8 Å². The number of aryl methyl sites for hydroxylation is 2. The number of alkyl halides is 3. The minimum Gasteiger partial charge on any atom is -0.294 e. The third kappa shape index (κ3) is 3.75. The van der Waals surface area contributed by atoms with Crippen molar-refractivity contribution in [2.24, 2.45) is 0 Å². The van der Waals surface area contributed by atoms with E-state index in [1.165, 1.54) is 12.1 Å². The standard InChI is InChI=1S/C18H17F3O/c1-12-4-3-5-13(2)16(12)10-11-17(22)14-6-8-15(9-7-14)18(19,20)21/h3-9H,10-11H2,1-2H3.